The number of hydrogen-bond acceptors (Lipinski definition) is 1. The van der Waals surface area contributed by atoms with E-state index in [-0.39, 0.29) is 0 Å². The summed E-state index contributed by atoms with van der Waals surface area (Å²) in [6.07, 6.45) is 3.28. The molecule has 0 fully saturated rings. The van der Waals surface area contributed by atoms with Crippen LogP contribution in [0.15, 0.2) is 36.4 Å². The van der Waals surface area contributed by atoms with Gasteiger partial charge in [0.2, 0.25) is 0 Å². The quantitative estimate of drug-likeness (QED) is 0.637. The highest BCUT2D eigenvalue weighted by Gasteiger charge is 2.16. The Labute approximate surface area is 138 Å². The number of aryl methyl sites for hydroxylation is 4. The van der Waals surface area contributed by atoms with Crippen molar-refractivity contribution in [2.75, 3.05) is 6.54 Å². The van der Waals surface area contributed by atoms with Gasteiger partial charge < -0.3 is 10.7 Å². The van der Waals surface area contributed by atoms with E-state index in [2.05, 4.69) is 62.2 Å². The van der Waals surface area contributed by atoms with E-state index in [0.29, 0.717) is 0 Å². The van der Waals surface area contributed by atoms with Crippen LogP contribution in [0.4, 0.5) is 0 Å². The first-order chi connectivity index (χ1) is 11.1. The van der Waals surface area contributed by atoms with Crippen LogP contribution in [0, 0.1) is 20.8 Å². The average molecular weight is 306 g/mol. The molecule has 1 aromatic heterocycles. The van der Waals surface area contributed by atoms with Crippen molar-refractivity contribution in [3.8, 4) is 11.3 Å². The highest BCUT2D eigenvalue weighted by molar-refractivity contribution is 5.93. The number of unbranched alkanes of at least 4 members (excludes halogenated alkanes) is 1. The first-order valence-electron chi connectivity index (χ1n) is 8.50. The van der Waals surface area contributed by atoms with Gasteiger partial charge >= 0.3 is 0 Å². The van der Waals surface area contributed by atoms with E-state index in [1.54, 1.807) is 0 Å². The van der Waals surface area contributed by atoms with Crippen molar-refractivity contribution in [1.29, 1.82) is 0 Å². The molecule has 3 N–H and O–H groups in total. The molecule has 0 aliphatic rings. The third-order valence-corrected chi connectivity index (χ3v) is 4.91. The Morgan fingerprint density at radius 2 is 1.70 bits per heavy atom. The predicted octanol–water partition coefficient (Wildman–Crippen LogP) is 5.04. The largest absolute Gasteiger partial charge is 0.354 e. The van der Waals surface area contributed by atoms with Gasteiger partial charge in [-0.05, 0) is 68.8 Å². The van der Waals surface area contributed by atoms with Crippen molar-refractivity contribution < 1.29 is 0 Å². The molecule has 0 atom stereocenters. The summed E-state index contributed by atoms with van der Waals surface area (Å²) < 4.78 is 0. The summed E-state index contributed by atoms with van der Waals surface area (Å²) in [6.45, 7) is 7.33. The Morgan fingerprint density at radius 3 is 2.43 bits per heavy atom. The molecule has 0 bridgehead atoms. The molecule has 0 unspecified atom stereocenters. The maximum Gasteiger partial charge on any atom is 0.0500 e. The van der Waals surface area contributed by atoms with Gasteiger partial charge in [-0.2, -0.15) is 0 Å². The van der Waals surface area contributed by atoms with Gasteiger partial charge in [-0.25, -0.2) is 0 Å². The van der Waals surface area contributed by atoms with E-state index in [0.717, 1.165) is 25.8 Å². The third kappa shape index (κ3) is 2.91. The highest BCUT2D eigenvalue weighted by atomic mass is 14.7. The van der Waals surface area contributed by atoms with Crippen molar-refractivity contribution in [3.63, 3.8) is 0 Å². The summed E-state index contributed by atoms with van der Waals surface area (Å²) in [5, 5.41) is 1.36. The fraction of sp³-hybridized carbons (Fsp3) is 0.333. The monoisotopic (exact) mass is 306 g/mol. The molecule has 2 nitrogen and oxygen atoms in total. The second kappa shape index (κ2) is 6.59. The standard InChI is InChI=1S/C21H26N2/c1-14-11-12-19-18(10-6-7-13-22)21(23-20(19)16(14)3)17-9-5-4-8-15(17)2/h4-5,8-9,11-12,23H,6-7,10,13,22H2,1-3H3. The van der Waals surface area contributed by atoms with Gasteiger partial charge in [-0.15, -0.1) is 0 Å². The molecule has 0 radical (unpaired) electrons. The molecule has 0 spiro atoms. The zero-order valence-electron chi connectivity index (χ0n) is 14.4. The van der Waals surface area contributed by atoms with E-state index < -0.39 is 0 Å². The number of aromatic nitrogens is 1. The molecular formula is C21H26N2. The van der Waals surface area contributed by atoms with Crippen molar-refractivity contribution in [2.45, 2.75) is 40.0 Å². The summed E-state index contributed by atoms with van der Waals surface area (Å²) in [5.74, 6) is 0. The van der Waals surface area contributed by atoms with Crippen LogP contribution in [-0.2, 0) is 6.42 Å². The SMILES string of the molecule is Cc1ccccc1-c1[nH]c2c(C)c(C)ccc2c1CCCCN. The van der Waals surface area contributed by atoms with Crippen LogP contribution in [0.1, 0.15) is 35.1 Å². The lowest BCUT2D eigenvalue weighted by atomic mass is 9.96. The number of nitrogens with one attached hydrogen (secondary N) is 1. The molecule has 0 aliphatic carbocycles. The minimum Gasteiger partial charge on any atom is -0.354 e. The summed E-state index contributed by atoms with van der Waals surface area (Å²) >= 11 is 0. The zero-order chi connectivity index (χ0) is 16.4. The first-order valence-corrected chi connectivity index (χ1v) is 8.50. The van der Waals surface area contributed by atoms with E-state index in [1.807, 2.05) is 0 Å². The summed E-state index contributed by atoms with van der Waals surface area (Å²) in [4.78, 5) is 3.73. The maximum absolute atomic E-state index is 5.69. The maximum atomic E-state index is 5.69. The van der Waals surface area contributed by atoms with E-state index in [9.17, 15) is 0 Å². The van der Waals surface area contributed by atoms with Gasteiger partial charge in [0.05, 0.1) is 0 Å². The molecule has 1 heterocycles. The second-order valence-electron chi connectivity index (χ2n) is 6.47. The Kier molecular flexibility index (Phi) is 4.53. The van der Waals surface area contributed by atoms with Gasteiger partial charge in [0, 0.05) is 22.2 Å². The smallest absolute Gasteiger partial charge is 0.0500 e. The Bertz CT molecular complexity index is 827. The molecule has 3 rings (SSSR count). The van der Waals surface area contributed by atoms with E-state index in [4.69, 9.17) is 5.73 Å². The third-order valence-electron chi connectivity index (χ3n) is 4.91. The summed E-state index contributed by atoms with van der Waals surface area (Å²) in [6, 6.07) is 13.1. The summed E-state index contributed by atoms with van der Waals surface area (Å²) in [7, 11) is 0. The second-order valence-corrected chi connectivity index (χ2v) is 6.47. The normalized spacial score (nSPS) is 11.3. The predicted molar refractivity (Wildman–Crippen MR) is 99.9 cm³/mol. The zero-order valence-corrected chi connectivity index (χ0v) is 14.4. The average Bonchev–Trinajstić information content (AvgIpc) is 2.91. The Hall–Kier alpha value is -2.06. The molecule has 2 heteroatoms. The molecule has 3 aromatic rings. The van der Waals surface area contributed by atoms with Crippen molar-refractivity contribution in [2.24, 2.45) is 5.73 Å². The number of nitrogens with two attached hydrogens (primary N) is 1. The molecular weight excluding hydrogens is 280 g/mol. The number of hydrogen-bond donors (Lipinski definition) is 2. The molecule has 0 saturated carbocycles. The van der Waals surface area contributed by atoms with Gasteiger partial charge in [-0.3, -0.25) is 0 Å². The molecule has 0 saturated heterocycles. The lowest BCUT2D eigenvalue weighted by Gasteiger charge is -2.08. The topological polar surface area (TPSA) is 41.8 Å². The molecule has 23 heavy (non-hydrogen) atoms. The minimum absolute atomic E-state index is 0.764. The van der Waals surface area contributed by atoms with Crippen molar-refractivity contribution in [3.05, 3.63) is 58.7 Å². The lowest BCUT2D eigenvalue weighted by molar-refractivity contribution is 0.748. The van der Waals surface area contributed by atoms with Crippen LogP contribution in [0.25, 0.3) is 22.2 Å². The van der Waals surface area contributed by atoms with Crippen molar-refractivity contribution >= 4 is 10.9 Å². The first kappa shape index (κ1) is 15.8. The molecule has 120 valence electrons. The minimum atomic E-state index is 0.764. The van der Waals surface area contributed by atoms with Crippen LogP contribution >= 0.6 is 0 Å². The van der Waals surface area contributed by atoms with Crippen LogP contribution < -0.4 is 5.73 Å². The van der Waals surface area contributed by atoms with E-state index >= 15 is 0 Å². The molecule has 0 amide bonds. The van der Waals surface area contributed by atoms with Crippen LogP contribution in [0.3, 0.4) is 0 Å². The van der Waals surface area contributed by atoms with Gasteiger partial charge in [0.1, 0.15) is 0 Å². The van der Waals surface area contributed by atoms with Crippen molar-refractivity contribution in [1.82, 2.24) is 4.98 Å². The fourth-order valence-electron chi connectivity index (χ4n) is 3.35. The van der Waals surface area contributed by atoms with E-state index in [1.165, 1.54) is 44.4 Å². The molecule has 0 aliphatic heterocycles. The van der Waals surface area contributed by atoms with Crippen LogP contribution in [0.2, 0.25) is 0 Å². The number of rotatable bonds is 5. The number of benzene rings is 2. The Morgan fingerprint density at radius 1 is 0.913 bits per heavy atom. The van der Waals surface area contributed by atoms with Crippen LogP contribution in [-0.4, -0.2) is 11.5 Å². The fourth-order valence-corrected chi connectivity index (χ4v) is 3.35. The lowest BCUT2D eigenvalue weighted by Crippen LogP contribution is -1.99. The van der Waals surface area contributed by atoms with Gasteiger partial charge in [0.25, 0.3) is 0 Å². The summed E-state index contributed by atoms with van der Waals surface area (Å²) in [5.41, 5.74) is 15.0. The van der Waals surface area contributed by atoms with Gasteiger partial charge in [-0.1, -0.05) is 36.4 Å². The van der Waals surface area contributed by atoms with Crippen LogP contribution in [0.5, 0.6) is 0 Å². The molecule has 2 aromatic carbocycles. The Balaban J connectivity index is 2.21. The number of fused-ring (bicyclic) bond motifs is 1. The number of aromatic amines is 1. The number of H-pyrrole nitrogens is 1. The van der Waals surface area contributed by atoms with Gasteiger partial charge in [0.15, 0.2) is 0 Å². The highest BCUT2D eigenvalue weighted by Crippen LogP contribution is 2.35.